The minimum Gasteiger partial charge on any atom is -0.461 e. The van der Waals surface area contributed by atoms with Crippen molar-refractivity contribution >= 4 is 46.4 Å². The van der Waals surface area contributed by atoms with Gasteiger partial charge in [0.05, 0.1) is 50.7 Å². The highest BCUT2D eigenvalue weighted by molar-refractivity contribution is 6.25. The van der Waals surface area contributed by atoms with Gasteiger partial charge in [-0.1, -0.05) is 19.7 Å². The molecule has 2 aromatic rings. The van der Waals surface area contributed by atoms with Crippen molar-refractivity contribution in [2.75, 3.05) is 19.8 Å². The Bertz CT molecular complexity index is 1770. The molecule has 0 aliphatic heterocycles. The lowest BCUT2D eigenvalue weighted by molar-refractivity contribution is -0.394. The fraction of sp³-hybridized carbons (Fsp3) is 0.179. The number of carbonyl (C=O) groups excluding carboxylic acids is 5. The third-order valence-electron chi connectivity index (χ3n) is 7.12. The first-order valence-electron chi connectivity index (χ1n) is 12.5. The van der Waals surface area contributed by atoms with Crippen molar-refractivity contribution in [3.05, 3.63) is 109 Å². The predicted octanol–water partition coefficient (Wildman–Crippen LogP) is 1.73. The SMILES string of the molecule is C=CC(=O)OC(C(=O)C=C)(C(=O)C=C)C(CO)(CO)COC(=O)c1cc2c(c([N+](=O)[O-])c1)-c1c(cc([N+](=O)[O-])cc1[N+](=O)[O-])C2=O. The summed E-state index contributed by atoms with van der Waals surface area (Å²) in [6, 6.07) is 2.51. The van der Waals surface area contributed by atoms with Crippen molar-refractivity contribution in [3.8, 4) is 11.1 Å². The van der Waals surface area contributed by atoms with Crippen LogP contribution >= 0.6 is 0 Å². The number of fused-ring (bicyclic) bond motifs is 3. The molecule has 238 valence electrons. The average molecular weight is 639 g/mol. The number of nitrogens with zero attached hydrogens (tertiary/aromatic N) is 3. The molecule has 0 bridgehead atoms. The number of esters is 2. The number of hydrogen-bond donors (Lipinski definition) is 2. The quantitative estimate of drug-likeness (QED) is 0.0787. The summed E-state index contributed by atoms with van der Waals surface area (Å²) >= 11 is 0. The number of benzene rings is 2. The molecule has 0 saturated carbocycles. The van der Waals surface area contributed by atoms with Crippen molar-refractivity contribution < 1.29 is 58.4 Å². The van der Waals surface area contributed by atoms with Gasteiger partial charge in [0.2, 0.25) is 17.2 Å². The molecule has 0 spiro atoms. The molecule has 1 aliphatic rings. The molecule has 46 heavy (non-hydrogen) atoms. The lowest BCUT2D eigenvalue weighted by Gasteiger charge is -2.43. The predicted molar refractivity (Wildman–Crippen MR) is 152 cm³/mol. The van der Waals surface area contributed by atoms with Gasteiger partial charge in [-0.15, -0.1) is 0 Å². The fourth-order valence-corrected chi connectivity index (χ4v) is 4.86. The molecule has 0 heterocycles. The zero-order chi connectivity index (χ0) is 34.7. The van der Waals surface area contributed by atoms with E-state index >= 15 is 0 Å². The summed E-state index contributed by atoms with van der Waals surface area (Å²) < 4.78 is 10.2. The molecule has 18 nitrogen and oxygen atoms in total. The highest BCUT2D eigenvalue weighted by Crippen LogP contribution is 2.49. The molecular weight excluding hydrogens is 618 g/mol. The Kier molecular flexibility index (Phi) is 9.49. The van der Waals surface area contributed by atoms with Crippen molar-refractivity contribution in [2.24, 2.45) is 5.41 Å². The van der Waals surface area contributed by atoms with Gasteiger partial charge < -0.3 is 19.7 Å². The van der Waals surface area contributed by atoms with E-state index in [1.807, 2.05) is 0 Å². The topological polar surface area (TPSA) is 274 Å². The van der Waals surface area contributed by atoms with Crippen LogP contribution in [0.15, 0.2) is 62.2 Å². The van der Waals surface area contributed by atoms with Gasteiger partial charge in [-0.3, -0.25) is 44.7 Å². The van der Waals surface area contributed by atoms with E-state index in [0.29, 0.717) is 36.4 Å². The summed E-state index contributed by atoms with van der Waals surface area (Å²) in [5, 5.41) is 55.7. The van der Waals surface area contributed by atoms with Gasteiger partial charge >= 0.3 is 11.9 Å². The Labute approximate surface area is 256 Å². The van der Waals surface area contributed by atoms with Crippen LogP contribution in [0.4, 0.5) is 17.1 Å². The smallest absolute Gasteiger partial charge is 0.338 e. The maximum absolute atomic E-state index is 13.2. The summed E-state index contributed by atoms with van der Waals surface area (Å²) in [5.74, 6) is -6.79. The number of hydrogen-bond acceptors (Lipinski definition) is 15. The minimum atomic E-state index is -3.11. The van der Waals surface area contributed by atoms with E-state index < -0.39 is 120 Å². The highest BCUT2D eigenvalue weighted by Gasteiger charge is 2.63. The van der Waals surface area contributed by atoms with E-state index in [9.17, 15) is 64.5 Å². The second kappa shape index (κ2) is 12.8. The summed E-state index contributed by atoms with van der Waals surface area (Å²) in [6.45, 7) is 5.59. The number of ketones is 3. The van der Waals surface area contributed by atoms with Crippen LogP contribution in [0.3, 0.4) is 0 Å². The molecule has 0 saturated heterocycles. The Morgan fingerprint density at radius 2 is 1.28 bits per heavy atom. The number of aliphatic hydroxyl groups excluding tert-OH is 2. The number of nitro benzene ring substituents is 3. The molecule has 2 N–H and O–H groups in total. The first-order chi connectivity index (χ1) is 21.6. The zero-order valence-electron chi connectivity index (χ0n) is 23.3. The molecule has 0 unspecified atom stereocenters. The van der Waals surface area contributed by atoms with Crippen molar-refractivity contribution in [1.82, 2.24) is 0 Å². The van der Waals surface area contributed by atoms with Crippen LogP contribution in [0.25, 0.3) is 11.1 Å². The standard InChI is InChI=1S/C28H21N3O15/c1-4-20(34)28(21(35)5-2,46-22(36)6-3)27(11-32,12-33)13-45-26(38)14-7-16-23(18(8-14)30(41)42)24-17(25(16)37)9-15(29(39)40)10-19(24)31(43)44/h4-10,32-33H,1-3,11-13H2. The summed E-state index contributed by atoms with van der Waals surface area (Å²) in [5.41, 5.74) is -11.8. The maximum Gasteiger partial charge on any atom is 0.338 e. The zero-order valence-corrected chi connectivity index (χ0v) is 23.3. The van der Waals surface area contributed by atoms with Crippen LogP contribution in [-0.2, 0) is 23.9 Å². The van der Waals surface area contributed by atoms with E-state index in [1.54, 1.807) is 0 Å². The van der Waals surface area contributed by atoms with E-state index in [0.717, 1.165) is 6.07 Å². The first kappa shape index (κ1) is 34.2. The summed E-state index contributed by atoms with van der Waals surface area (Å²) in [7, 11) is 0. The minimum absolute atomic E-state index is 0.511. The summed E-state index contributed by atoms with van der Waals surface area (Å²) in [6.07, 6.45) is 1.59. The molecule has 0 radical (unpaired) electrons. The number of nitro groups is 3. The Balaban J connectivity index is 2.19. The number of rotatable bonds is 15. The maximum atomic E-state index is 13.2. The second-order valence-electron chi connectivity index (χ2n) is 9.52. The molecule has 0 atom stereocenters. The van der Waals surface area contributed by atoms with E-state index in [2.05, 4.69) is 19.7 Å². The molecule has 0 aromatic heterocycles. The second-order valence-corrected chi connectivity index (χ2v) is 9.52. The molecule has 3 rings (SSSR count). The first-order valence-corrected chi connectivity index (χ1v) is 12.5. The Morgan fingerprint density at radius 3 is 1.72 bits per heavy atom. The third-order valence-corrected chi connectivity index (χ3v) is 7.12. The number of non-ortho nitro benzene ring substituents is 1. The van der Waals surface area contributed by atoms with Crippen LogP contribution in [0.2, 0.25) is 0 Å². The van der Waals surface area contributed by atoms with Gasteiger partial charge in [-0.05, 0) is 18.2 Å². The van der Waals surface area contributed by atoms with E-state index in [-0.39, 0.29) is 0 Å². The van der Waals surface area contributed by atoms with Gasteiger partial charge in [0.15, 0.2) is 5.78 Å². The van der Waals surface area contributed by atoms with Crippen LogP contribution in [0, 0.1) is 35.8 Å². The van der Waals surface area contributed by atoms with Gasteiger partial charge in [0, 0.05) is 29.3 Å². The molecule has 2 aromatic carbocycles. The van der Waals surface area contributed by atoms with Crippen LogP contribution in [0.1, 0.15) is 26.3 Å². The van der Waals surface area contributed by atoms with Gasteiger partial charge in [-0.2, -0.15) is 0 Å². The molecule has 0 amide bonds. The molecule has 18 heteroatoms. The molecule has 1 aliphatic carbocycles. The van der Waals surface area contributed by atoms with Gasteiger partial charge in [0.1, 0.15) is 12.0 Å². The largest absolute Gasteiger partial charge is 0.461 e. The van der Waals surface area contributed by atoms with E-state index in [4.69, 9.17) is 9.47 Å². The lowest BCUT2D eigenvalue weighted by Crippen LogP contribution is -2.66. The van der Waals surface area contributed by atoms with Gasteiger partial charge in [0.25, 0.3) is 17.1 Å². The normalized spacial score (nSPS) is 11.8. The monoisotopic (exact) mass is 639 g/mol. The lowest BCUT2D eigenvalue weighted by atomic mass is 9.68. The van der Waals surface area contributed by atoms with Crippen molar-refractivity contribution in [2.45, 2.75) is 5.60 Å². The third kappa shape index (κ3) is 5.33. The van der Waals surface area contributed by atoms with Crippen LogP contribution in [-0.4, -0.2) is 79.7 Å². The molecular formula is C28H21N3O15. The fourth-order valence-electron chi connectivity index (χ4n) is 4.86. The number of ether oxygens (including phenoxy) is 2. The highest BCUT2D eigenvalue weighted by atomic mass is 16.6. The van der Waals surface area contributed by atoms with Crippen LogP contribution in [0.5, 0.6) is 0 Å². The average Bonchev–Trinajstić information content (AvgIpc) is 3.33. The van der Waals surface area contributed by atoms with E-state index in [1.165, 1.54) is 0 Å². The molecule has 0 fully saturated rings. The number of aliphatic hydroxyl groups is 2. The van der Waals surface area contributed by atoms with Crippen molar-refractivity contribution in [1.29, 1.82) is 0 Å². The van der Waals surface area contributed by atoms with Crippen LogP contribution < -0.4 is 0 Å². The summed E-state index contributed by atoms with van der Waals surface area (Å²) in [4.78, 5) is 96.7. The Morgan fingerprint density at radius 1 is 0.783 bits per heavy atom. The van der Waals surface area contributed by atoms with Crippen molar-refractivity contribution in [3.63, 3.8) is 0 Å². The number of carbonyl (C=O) groups is 5. The Hall–Kier alpha value is -6.27. The van der Waals surface area contributed by atoms with Gasteiger partial charge in [-0.25, -0.2) is 9.59 Å².